The lowest BCUT2D eigenvalue weighted by Crippen LogP contribution is -2.47. The van der Waals surface area contributed by atoms with E-state index in [2.05, 4.69) is 10.6 Å². The van der Waals surface area contributed by atoms with Gasteiger partial charge >= 0.3 is 12.2 Å². The molecule has 2 aliphatic heterocycles. The molecule has 2 aliphatic rings. The number of ketones is 1. The van der Waals surface area contributed by atoms with Crippen molar-refractivity contribution in [1.29, 1.82) is 0 Å². The lowest BCUT2D eigenvalue weighted by molar-refractivity contribution is -0.131. The number of hydrogen-bond acceptors (Lipinski definition) is 8. The Balaban J connectivity index is 1.69. The summed E-state index contributed by atoms with van der Waals surface area (Å²) in [7, 11) is 0. The summed E-state index contributed by atoms with van der Waals surface area (Å²) in [5.74, 6) is -0.976. The number of rotatable bonds is 11. The van der Waals surface area contributed by atoms with E-state index >= 15 is 0 Å². The standard InChI is InChI=1S/C33H52N4O7/c1-32(2,3)43-30(40)35-16-10-9-11-23(19-27(38)28(34)22-14-17-42-18-15-22)29(39)36-26-21-37(31(41)44-33(4,5)6)20-24-12-7-8-13-25(24)26/h7-8,12-13,22-23,26,28H,9-11,14-21,34H2,1-6H3,(H,35,40)(H,36,39)/t23-,26-,28+/m1/s1. The van der Waals surface area contributed by atoms with E-state index in [1.807, 2.05) is 45.0 Å². The summed E-state index contributed by atoms with van der Waals surface area (Å²) in [4.78, 5) is 53.8. The molecule has 0 spiro atoms. The fourth-order valence-corrected chi connectivity index (χ4v) is 5.55. The van der Waals surface area contributed by atoms with Crippen molar-refractivity contribution < 1.29 is 33.4 Å². The van der Waals surface area contributed by atoms with E-state index in [1.165, 1.54) is 0 Å². The van der Waals surface area contributed by atoms with Crippen molar-refractivity contribution in [2.45, 2.75) is 110 Å². The highest BCUT2D eigenvalue weighted by Crippen LogP contribution is 2.29. The maximum atomic E-state index is 13.8. The van der Waals surface area contributed by atoms with Gasteiger partial charge in [0.05, 0.1) is 12.1 Å². The number of alkyl carbamates (subject to hydrolysis) is 1. The number of Topliss-reactive ketones (excluding diaryl/α,β-unsaturated/α-hetero) is 1. The van der Waals surface area contributed by atoms with Crippen molar-refractivity contribution in [3.8, 4) is 0 Å². The average molecular weight is 617 g/mol. The molecule has 0 aromatic heterocycles. The molecule has 0 radical (unpaired) electrons. The second-order valence-corrected chi connectivity index (χ2v) is 13.9. The van der Waals surface area contributed by atoms with Crippen LogP contribution in [0.2, 0.25) is 0 Å². The number of fused-ring (bicyclic) bond motifs is 1. The van der Waals surface area contributed by atoms with Crippen LogP contribution < -0.4 is 16.4 Å². The number of amides is 3. The van der Waals surface area contributed by atoms with Gasteiger partial charge in [0.1, 0.15) is 11.2 Å². The average Bonchev–Trinajstić information content (AvgIpc) is 2.94. The van der Waals surface area contributed by atoms with Gasteiger partial charge in [0.2, 0.25) is 5.91 Å². The quantitative estimate of drug-likeness (QED) is 0.305. The fourth-order valence-electron chi connectivity index (χ4n) is 5.55. The van der Waals surface area contributed by atoms with Gasteiger partial charge in [0, 0.05) is 45.2 Å². The number of nitrogens with zero attached hydrogens (tertiary/aromatic N) is 1. The van der Waals surface area contributed by atoms with Crippen LogP contribution >= 0.6 is 0 Å². The maximum absolute atomic E-state index is 13.8. The maximum Gasteiger partial charge on any atom is 0.410 e. The first-order valence-corrected chi connectivity index (χ1v) is 15.8. The van der Waals surface area contributed by atoms with Gasteiger partial charge in [-0.05, 0) is 84.3 Å². The first kappa shape index (κ1) is 35.3. The zero-order valence-electron chi connectivity index (χ0n) is 27.3. The lowest BCUT2D eigenvalue weighted by atomic mass is 9.85. The third kappa shape index (κ3) is 11.4. The van der Waals surface area contributed by atoms with E-state index in [1.54, 1.807) is 25.7 Å². The van der Waals surface area contributed by atoms with E-state index < -0.39 is 41.4 Å². The zero-order chi connectivity index (χ0) is 32.5. The number of unbranched alkanes of at least 4 members (excludes halogenated alkanes) is 1. The largest absolute Gasteiger partial charge is 0.444 e. The smallest absolute Gasteiger partial charge is 0.410 e. The molecule has 0 bridgehead atoms. The fraction of sp³-hybridized carbons (Fsp3) is 0.697. The number of carbonyl (C=O) groups excluding carboxylic acids is 4. The highest BCUT2D eigenvalue weighted by molar-refractivity contribution is 5.90. The molecule has 3 rings (SSSR count). The summed E-state index contributed by atoms with van der Waals surface area (Å²) < 4.78 is 16.3. The summed E-state index contributed by atoms with van der Waals surface area (Å²) in [6, 6.07) is 6.59. The van der Waals surface area contributed by atoms with Crippen LogP contribution in [0.3, 0.4) is 0 Å². The molecule has 4 N–H and O–H groups in total. The molecule has 1 aromatic rings. The molecule has 3 atom stereocenters. The minimum Gasteiger partial charge on any atom is -0.444 e. The summed E-state index contributed by atoms with van der Waals surface area (Å²) in [5, 5.41) is 5.88. The summed E-state index contributed by atoms with van der Waals surface area (Å²) in [5.41, 5.74) is 7.02. The summed E-state index contributed by atoms with van der Waals surface area (Å²) >= 11 is 0. The first-order valence-electron chi connectivity index (χ1n) is 15.8. The predicted octanol–water partition coefficient (Wildman–Crippen LogP) is 4.62. The molecular formula is C33H52N4O7. The van der Waals surface area contributed by atoms with Crippen LogP contribution in [0.4, 0.5) is 9.59 Å². The van der Waals surface area contributed by atoms with Crippen LogP contribution in [0.25, 0.3) is 0 Å². The molecule has 3 amide bonds. The van der Waals surface area contributed by atoms with Gasteiger partial charge in [-0.2, -0.15) is 0 Å². The van der Waals surface area contributed by atoms with Crippen molar-refractivity contribution >= 4 is 23.9 Å². The number of carbonyl (C=O) groups is 4. The van der Waals surface area contributed by atoms with Crippen LogP contribution in [0, 0.1) is 11.8 Å². The molecule has 1 fully saturated rings. The molecule has 11 nitrogen and oxygen atoms in total. The van der Waals surface area contributed by atoms with Crippen LogP contribution in [0.5, 0.6) is 0 Å². The SMILES string of the molecule is CC(C)(C)OC(=O)NCCCC[C@H](CC(=O)[C@@H](N)C1CCOCC1)C(=O)N[C@@H]1CN(C(=O)OC(C)(C)C)Cc2ccccc21. The highest BCUT2D eigenvalue weighted by Gasteiger charge is 2.35. The number of hydrogen-bond donors (Lipinski definition) is 3. The highest BCUT2D eigenvalue weighted by atomic mass is 16.6. The molecule has 0 saturated carbocycles. The Morgan fingerprint density at radius 1 is 1.00 bits per heavy atom. The minimum atomic E-state index is -0.653. The van der Waals surface area contributed by atoms with Gasteiger partial charge < -0.3 is 35.5 Å². The van der Waals surface area contributed by atoms with E-state index in [0.29, 0.717) is 45.6 Å². The molecule has 1 aromatic carbocycles. The Morgan fingerprint density at radius 3 is 2.32 bits per heavy atom. The second-order valence-electron chi connectivity index (χ2n) is 13.9. The van der Waals surface area contributed by atoms with E-state index in [4.69, 9.17) is 19.9 Å². The third-order valence-electron chi connectivity index (χ3n) is 7.77. The number of nitrogens with two attached hydrogens (primary N) is 1. The molecule has 0 aliphatic carbocycles. The van der Waals surface area contributed by atoms with E-state index in [-0.39, 0.29) is 30.6 Å². The Morgan fingerprint density at radius 2 is 1.66 bits per heavy atom. The van der Waals surface area contributed by atoms with Crippen LogP contribution in [0.15, 0.2) is 24.3 Å². The lowest BCUT2D eigenvalue weighted by Gasteiger charge is -2.36. The summed E-state index contributed by atoms with van der Waals surface area (Å²) in [6.45, 7) is 13.0. The summed E-state index contributed by atoms with van der Waals surface area (Å²) in [6.07, 6.45) is 2.19. The molecular weight excluding hydrogens is 564 g/mol. The van der Waals surface area contributed by atoms with E-state index in [0.717, 1.165) is 24.0 Å². The van der Waals surface area contributed by atoms with Gasteiger partial charge in [-0.3, -0.25) is 9.59 Å². The van der Waals surface area contributed by atoms with Gasteiger partial charge in [-0.15, -0.1) is 0 Å². The topological polar surface area (TPSA) is 149 Å². The van der Waals surface area contributed by atoms with Crippen LogP contribution in [-0.2, 0) is 30.3 Å². The molecule has 44 heavy (non-hydrogen) atoms. The van der Waals surface area contributed by atoms with Gasteiger partial charge in [0.15, 0.2) is 5.78 Å². The first-order chi connectivity index (χ1) is 20.6. The van der Waals surface area contributed by atoms with Gasteiger partial charge in [-0.1, -0.05) is 30.7 Å². The molecule has 246 valence electrons. The van der Waals surface area contributed by atoms with Gasteiger partial charge in [-0.25, -0.2) is 9.59 Å². The van der Waals surface area contributed by atoms with Crippen LogP contribution in [-0.4, -0.2) is 72.3 Å². The Hall–Kier alpha value is -3.18. The van der Waals surface area contributed by atoms with E-state index in [9.17, 15) is 19.2 Å². The Kier molecular flexibility index (Phi) is 12.6. The normalized spacial score (nSPS) is 18.9. The minimum absolute atomic E-state index is 0.0218. The number of nitrogens with one attached hydrogen (secondary N) is 2. The van der Waals surface area contributed by atoms with Crippen molar-refractivity contribution in [1.82, 2.24) is 15.5 Å². The molecule has 0 unspecified atom stereocenters. The molecule has 11 heteroatoms. The molecule has 1 saturated heterocycles. The number of ether oxygens (including phenoxy) is 3. The third-order valence-corrected chi connectivity index (χ3v) is 7.77. The van der Waals surface area contributed by atoms with Crippen LogP contribution in [0.1, 0.15) is 97.2 Å². The van der Waals surface area contributed by atoms with Crippen molar-refractivity contribution in [3.63, 3.8) is 0 Å². The van der Waals surface area contributed by atoms with Crippen molar-refractivity contribution in [2.24, 2.45) is 17.6 Å². The predicted molar refractivity (Wildman–Crippen MR) is 167 cm³/mol. The Bertz CT molecular complexity index is 1140. The zero-order valence-corrected chi connectivity index (χ0v) is 27.3. The van der Waals surface area contributed by atoms with Crippen molar-refractivity contribution in [3.05, 3.63) is 35.4 Å². The Labute approximate surface area is 261 Å². The second kappa shape index (κ2) is 15.7. The van der Waals surface area contributed by atoms with Gasteiger partial charge in [0.25, 0.3) is 0 Å². The molecule has 2 heterocycles. The number of benzene rings is 1. The monoisotopic (exact) mass is 616 g/mol. The van der Waals surface area contributed by atoms with Crippen molar-refractivity contribution in [2.75, 3.05) is 26.3 Å².